The number of benzene rings is 2. The van der Waals surface area contributed by atoms with Crippen LogP contribution in [0.5, 0.6) is 5.75 Å². The average Bonchev–Trinajstić information content (AvgIpc) is 2.79. The Balaban J connectivity index is 0.00000341. The molecule has 0 radical (unpaired) electrons. The number of aliphatic imine (C=N–C) groups is 1. The summed E-state index contributed by atoms with van der Waals surface area (Å²) in [6.07, 6.45) is 2.22. The third-order valence-corrected chi connectivity index (χ3v) is 6.51. The summed E-state index contributed by atoms with van der Waals surface area (Å²) in [5.74, 6) is 2.83. The van der Waals surface area contributed by atoms with Gasteiger partial charge in [-0.3, -0.25) is 9.20 Å². The molecule has 2 unspecified atom stereocenters. The maximum Gasteiger partial charge on any atom is 0.191 e. The zero-order valence-corrected chi connectivity index (χ0v) is 21.4. The van der Waals surface area contributed by atoms with Crippen LogP contribution in [0.1, 0.15) is 18.4 Å². The molecule has 31 heavy (non-hydrogen) atoms. The normalized spacial score (nSPS) is 17.4. The SMILES string of the molecule is CN=C(NCCS(=O)Cc1ccccc1)NC1CCCN(c2cccc(OC)c2)C1.I. The molecule has 2 aromatic rings. The lowest BCUT2D eigenvalue weighted by atomic mass is 10.0. The van der Waals surface area contributed by atoms with E-state index in [0.29, 0.717) is 24.1 Å². The molecule has 0 aromatic heterocycles. The Morgan fingerprint density at radius 3 is 2.77 bits per heavy atom. The Morgan fingerprint density at radius 1 is 1.23 bits per heavy atom. The molecule has 1 fully saturated rings. The molecule has 6 nitrogen and oxygen atoms in total. The van der Waals surface area contributed by atoms with Gasteiger partial charge in [-0.1, -0.05) is 36.4 Å². The van der Waals surface area contributed by atoms with Crippen LogP contribution < -0.4 is 20.3 Å². The molecule has 0 aliphatic carbocycles. The predicted molar refractivity (Wildman–Crippen MR) is 141 cm³/mol. The zero-order valence-electron chi connectivity index (χ0n) is 18.3. The smallest absolute Gasteiger partial charge is 0.191 e. The van der Waals surface area contributed by atoms with Gasteiger partial charge in [0.25, 0.3) is 0 Å². The zero-order chi connectivity index (χ0) is 21.2. The lowest BCUT2D eigenvalue weighted by Gasteiger charge is -2.35. The van der Waals surface area contributed by atoms with Crippen molar-refractivity contribution >= 4 is 46.4 Å². The maximum absolute atomic E-state index is 12.3. The molecular weight excluding hydrogens is 523 g/mol. The summed E-state index contributed by atoms with van der Waals surface area (Å²) in [7, 11) is 2.58. The first-order valence-corrected chi connectivity index (χ1v) is 11.9. The summed E-state index contributed by atoms with van der Waals surface area (Å²) in [6.45, 7) is 2.58. The summed E-state index contributed by atoms with van der Waals surface area (Å²) in [4.78, 5) is 6.73. The molecule has 0 spiro atoms. The number of nitrogens with zero attached hydrogens (tertiary/aromatic N) is 2. The van der Waals surface area contributed by atoms with Gasteiger partial charge in [-0.05, 0) is 30.5 Å². The number of ether oxygens (including phenoxy) is 1. The van der Waals surface area contributed by atoms with Gasteiger partial charge in [0.15, 0.2) is 5.96 Å². The van der Waals surface area contributed by atoms with Crippen LogP contribution in [0.15, 0.2) is 59.6 Å². The molecule has 8 heteroatoms. The highest BCUT2D eigenvalue weighted by molar-refractivity contribution is 14.0. The number of rotatable bonds is 8. The van der Waals surface area contributed by atoms with E-state index in [2.05, 4.69) is 32.7 Å². The van der Waals surface area contributed by atoms with Crippen molar-refractivity contribution in [2.45, 2.75) is 24.6 Å². The van der Waals surface area contributed by atoms with E-state index in [0.717, 1.165) is 43.2 Å². The van der Waals surface area contributed by atoms with E-state index in [1.807, 2.05) is 42.5 Å². The number of halogens is 1. The highest BCUT2D eigenvalue weighted by Gasteiger charge is 2.21. The standard InChI is InChI=1S/C23H32N4O2S.HI/c1-24-23(25-13-15-30(28)18-19-8-4-3-5-9-19)26-20-10-7-14-27(17-20)21-11-6-12-22(16-21)29-2;/h3-6,8-9,11-12,16,20H,7,10,13-15,17-18H2,1-2H3,(H2,24,25,26);1H. The van der Waals surface area contributed by atoms with Gasteiger partial charge in [0.05, 0.1) is 7.11 Å². The van der Waals surface area contributed by atoms with Gasteiger partial charge in [-0.2, -0.15) is 0 Å². The maximum atomic E-state index is 12.3. The minimum Gasteiger partial charge on any atom is -0.497 e. The van der Waals surface area contributed by atoms with Gasteiger partial charge < -0.3 is 20.3 Å². The second-order valence-electron chi connectivity index (χ2n) is 7.40. The van der Waals surface area contributed by atoms with Crippen molar-refractivity contribution in [3.05, 3.63) is 60.2 Å². The summed E-state index contributed by atoms with van der Waals surface area (Å²) >= 11 is 0. The van der Waals surface area contributed by atoms with Crippen molar-refractivity contribution < 1.29 is 8.95 Å². The predicted octanol–water partition coefficient (Wildman–Crippen LogP) is 3.40. The Bertz CT molecular complexity index is 850. The lowest BCUT2D eigenvalue weighted by Crippen LogP contribution is -2.51. The molecular formula is C23H33IN4O2S. The van der Waals surface area contributed by atoms with E-state index in [9.17, 15) is 4.21 Å². The van der Waals surface area contributed by atoms with Crippen LogP contribution in [-0.2, 0) is 16.6 Å². The molecule has 1 aliphatic rings. The van der Waals surface area contributed by atoms with E-state index >= 15 is 0 Å². The summed E-state index contributed by atoms with van der Waals surface area (Å²) < 4.78 is 17.7. The van der Waals surface area contributed by atoms with Gasteiger partial charge in [0.2, 0.25) is 0 Å². The van der Waals surface area contributed by atoms with Gasteiger partial charge in [-0.25, -0.2) is 0 Å². The van der Waals surface area contributed by atoms with Crippen LogP contribution in [0, 0.1) is 0 Å². The van der Waals surface area contributed by atoms with Crippen LogP contribution >= 0.6 is 24.0 Å². The molecule has 1 aliphatic heterocycles. The Morgan fingerprint density at radius 2 is 2.03 bits per heavy atom. The third kappa shape index (κ3) is 8.33. The average molecular weight is 557 g/mol. The first-order valence-electron chi connectivity index (χ1n) is 10.4. The molecule has 2 atom stereocenters. The van der Waals surface area contributed by atoms with Crippen LogP contribution in [0.3, 0.4) is 0 Å². The van der Waals surface area contributed by atoms with E-state index in [-0.39, 0.29) is 24.0 Å². The number of piperidine rings is 1. The summed E-state index contributed by atoms with van der Waals surface area (Å²) in [6, 6.07) is 18.5. The quantitative estimate of drug-likeness (QED) is 0.297. The summed E-state index contributed by atoms with van der Waals surface area (Å²) in [5, 5.41) is 6.84. The first kappa shape index (κ1) is 25.5. The van der Waals surface area contributed by atoms with Crippen molar-refractivity contribution in [1.29, 1.82) is 0 Å². The van der Waals surface area contributed by atoms with E-state index in [1.165, 1.54) is 5.69 Å². The highest BCUT2D eigenvalue weighted by Crippen LogP contribution is 2.24. The molecule has 1 heterocycles. The van der Waals surface area contributed by atoms with Crippen molar-refractivity contribution in [2.75, 3.05) is 44.4 Å². The van der Waals surface area contributed by atoms with Crippen LogP contribution in [0.2, 0.25) is 0 Å². The van der Waals surface area contributed by atoms with Crippen molar-refractivity contribution in [2.24, 2.45) is 4.99 Å². The topological polar surface area (TPSA) is 66.0 Å². The number of anilines is 1. The third-order valence-electron chi connectivity index (χ3n) is 5.20. The van der Waals surface area contributed by atoms with E-state index < -0.39 is 10.8 Å². The van der Waals surface area contributed by atoms with Crippen LogP contribution in [0.25, 0.3) is 0 Å². The fourth-order valence-corrected chi connectivity index (χ4v) is 4.68. The molecule has 2 N–H and O–H groups in total. The number of methoxy groups -OCH3 is 1. The van der Waals surface area contributed by atoms with E-state index in [4.69, 9.17) is 4.74 Å². The number of hydrogen-bond donors (Lipinski definition) is 2. The molecule has 3 rings (SSSR count). The number of hydrogen-bond acceptors (Lipinski definition) is 4. The van der Waals surface area contributed by atoms with Gasteiger partial charge in [-0.15, -0.1) is 24.0 Å². The fourth-order valence-electron chi connectivity index (χ4n) is 3.64. The first-order chi connectivity index (χ1) is 14.7. The van der Waals surface area contributed by atoms with Gasteiger partial charge >= 0.3 is 0 Å². The second-order valence-corrected chi connectivity index (χ2v) is 8.98. The summed E-state index contributed by atoms with van der Waals surface area (Å²) in [5.41, 5.74) is 2.29. The monoisotopic (exact) mass is 556 g/mol. The molecule has 1 saturated heterocycles. The van der Waals surface area contributed by atoms with Crippen LogP contribution in [0.4, 0.5) is 5.69 Å². The van der Waals surface area contributed by atoms with Gasteiger partial charge in [0.1, 0.15) is 5.75 Å². The molecule has 170 valence electrons. The van der Waals surface area contributed by atoms with Gasteiger partial charge in [0, 0.05) is 66.8 Å². The number of guanidine groups is 1. The largest absolute Gasteiger partial charge is 0.497 e. The molecule has 0 saturated carbocycles. The van der Waals surface area contributed by atoms with Crippen LogP contribution in [-0.4, -0.2) is 55.8 Å². The highest BCUT2D eigenvalue weighted by atomic mass is 127. The fraction of sp³-hybridized carbons (Fsp3) is 0.435. The van der Waals surface area contributed by atoms with Crippen molar-refractivity contribution in [1.82, 2.24) is 10.6 Å². The Hall–Kier alpha value is -1.81. The molecule has 0 bridgehead atoms. The molecule has 0 amide bonds. The lowest BCUT2D eigenvalue weighted by molar-refractivity contribution is 0.414. The minimum atomic E-state index is -0.895. The Labute approximate surface area is 205 Å². The van der Waals surface area contributed by atoms with Crippen molar-refractivity contribution in [3.8, 4) is 5.75 Å². The molecule has 2 aromatic carbocycles. The second kappa shape index (κ2) is 13.6. The van der Waals surface area contributed by atoms with E-state index in [1.54, 1.807) is 14.2 Å². The number of nitrogens with one attached hydrogen (secondary N) is 2. The van der Waals surface area contributed by atoms with Crippen molar-refractivity contribution in [3.63, 3.8) is 0 Å². The Kier molecular flexibility index (Phi) is 11.1. The minimum absolute atomic E-state index is 0.